The fraction of sp³-hybridized carbons (Fsp3) is 0.286. The highest BCUT2D eigenvalue weighted by atomic mass is 32.2. The molecule has 0 aliphatic heterocycles. The van der Waals surface area contributed by atoms with Crippen molar-refractivity contribution in [2.24, 2.45) is 0 Å². The summed E-state index contributed by atoms with van der Waals surface area (Å²) in [4.78, 5) is 14.4. The first-order chi connectivity index (χ1) is 14.0. The van der Waals surface area contributed by atoms with E-state index in [1.165, 1.54) is 36.0 Å². The largest absolute Gasteiger partial charge is 0.481 e. The molecule has 0 N–H and O–H groups in total. The Kier molecular flexibility index (Phi) is 6.87. The summed E-state index contributed by atoms with van der Waals surface area (Å²) >= 11 is 1.18. The molecule has 0 saturated carbocycles. The number of carbonyl (C=O) groups excluding carboxylic acids is 1. The Morgan fingerprint density at radius 2 is 1.93 bits per heavy atom. The van der Waals surface area contributed by atoms with Crippen molar-refractivity contribution in [2.75, 3.05) is 17.2 Å². The summed E-state index contributed by atoms with van der Waals surface area (Å²) in [7, 11) is 0. The molecule has 0 spiro atoms. The molecule has 0 aliphatic carbocycles. The van der Waals surface area contributed by atoms with Gasteiger partial charge in [0.05, 0.1) is 5.75 Å². The van der Waals surface area contributed by atoms with Crippen LogP contribution in [0, 0.1) is 12.7 Å². The van der Waals surface area contributed by atoms with E-state index in [0.717, 1.165) is 11.3 Å². The Morgan fingerprint density at radius 3 is 2.62 bits per heavy atom. The van der Waals surface area contributed by atoms with Gasteiger partial charge >= 0.3 is 0 Å². The molecule has 0 radical (unpaired) electrons. The summed E-state index contributed by atoms with van der Waals surface area (Å²) in [6, 6.07) is 13.5. The number of aryl methyl sites for hydroxylation is 1. The third-order valence-corrected chi connectivity index (χ3v) is 5.04. The van der Waals surface area contributed by atoms with Crippen LogP contribution in [-0.4, -0.2) is 28.4 Å². The number of benzene rings is 2. The van der Waals surface area contributed by atoms with E-state index >= 15 is 0 Å². The molecule has 29 heavy (non-hydrogen) atoms. The monoisotopic (exact) mass is 415 g/mol. The van der Waals surface area contributed by atoms with Gasteiger partial charge in [0, 0.05) is 12.2 Å². The molecule has 0 fully saturated rings. The van der Waals surface area contributed by atoms with Crippen LogP contribution in [0.25, 0.3) is 0 Å². The summed E-state index contributed by atoms with van der Waals surface area (Å²) in [5, 5.41) is 8.25. The molecule has 2 aromatic carbocycles. The van der Waals surface area contributed by atoms with E-state index in [0.29, 0.717) is 17.5 Å². The van der Waals surface area contributed by atoms with Crippen LogP contribution in [0.4, 0.5) is 10.1 Å². The van der Waals surface area contributed by atoms with Crippen molar-refractivity contribution in [3.63, 3.8) is 0 Å². The molecule has 3 aromatic rings. The average molecular weight is 415 g/mol. The van der Waals surface area contributed by atoms with Crippen molar-refractivity contribution < 1.29 is 18.3 Å². The fourth-order valence-electron chi connectivity index (χ4n) is 2.76. The summed E-state index contributed by atoms with van der Waals surface area (Å²) < 4.78 is 24.3. The van der Waals surface area contributed by atoms with Gasteiger partial charge in [-0.1, -0.05) is 30.0 Å². The smallest absolute Gasteiger partial charge is 0.277 e. The minimum Gasteiger partial charge on any atom is -0.481 e. The summed E-state index contributed by atoms with van der Waals surface area (Å²) in [6.07, 6.45) is -0.503. The number of aromatic nitrogens is 2. The first-order valence-electron chi connectivity index (χ1n) is 9.22. The minimum atomic E-state index is -0.503. The maximum absolute atomic E-state index is 13.0. The van der Waals surface area contributed by atoms with Gasteiger partial charge < -0.3 is 14.1 Å². The van der Waals surface area contributed by atoms with Crippen LogP contribution >= 0.6 is 11.8 Å². The third kappa shape index (κ3) is 5.35. The molecule has 152 valence electrons. The molecule has 0 saturated heterocycles. The lowest BCUT2D eigenvalue weighted by molar-refractivity contribution is -0.116. The molecule has 8 heteroatoms. The number of halogens is 1. The van der Waals surface area contributed by atoms with Crippen LogP contribution in [0.15, 0.2) is 58.2 Å². The second-order valence-electron chi connectivity index (χ2n) is 6.33. The Morgan fingerprint density at radius 1 is 1.21 bits per heavy atom. The van der Waals surface area contributed by atoms with Gasteiger partial charge in [-0.05, 0) is 56.7 Å². The number of para-hydroxylation sites is 1. The highest BCUT2D eigenvalue weighted by Gasteiger charge is 2.19. The predicted molar refractivity (Wildman–Crippen MR) is 110 cm³/mol. The van der Waals surface area contributed by atoms with Crippen LogP contribution in [-0.2, 0) is 4.79 Å². The Hall–Kier alpha value is -2.87. The SMILES string of the molecule is CCN(C(=O)CSc1nnc([C@H](C)Oc2ccc(F)cc2)o1)c1ccccc1C. The molecular formula is C21H22FN3O3S. The standard InChI is InChI=1S/C21H22FN3O3S/c1-4-25(18-8-6-5-7-14(18)2)19(26)13-29-21-24-23-20(28-21)15(3)27-17-11-9-16(22)10-12-17/h5-12,15H,4,13H2,1-3H3/t15-/m0/s1. The maximum Gasteiger partial charge on any atom is 0.277 e. The molecule has 3 rings (SSSR count). The molecule has 1 aromatic heterocycles. The van der Waals surface area contributed by atoms with Crippen molar-refractivity contribution >= 4 is 23.4 Å². The lowest BCUT2D eigenvalue weighted by Crippen LogP contribution is -2.32. The van der Waals surface area contributed by atoms with Crippen LogP contribution < -0.4 is 9.64 Å². The van der Waals surface area contributed by atoms with Crippen molar-refractivity contribution in [3.8, 4) is 5.75 Å². The number of nitrogens with zero attached hydrogens (tertiary/aromatic N) is 3. The lowest BCUT2D eigenvalue weighted by Gasteiger charge is -2.22. The molecule has 1 heterocycles. The number of hydrogen-bond donors (Lipinski definition) is 0. The zero-order valence-corrected chi connectivity index (χ0v) is 17.3. The van der Waals surface area contributed by atoms with Gasteiger partial charge in [-0.15, -0.1) is 10.2 Å². The lowest BCUT2D eigenvalue weighted by atomic mass is 10.2. The fourth-order valence-corrected chi connectivity index (χ4v) is 3.41. The van der Waals surface area contributed by atoms with E-state index in [4.69, 9.17) is 9.15 Å². The van der Waals surface area contributed by atoms with Gasteiger partial charge in [-0.25, -0.2) is 4.39 Å². The average Bonchev–Trinajstić information content (AvgIpc) is 3.19. The van der Waals surface area contributed by atoms with Crippen molar-refractivity contribution in [1.82, 2.24) is 10.2 Å². The topological polar surface area (TPSA) is 68.5 Å². The number of amides is 1. The Bertz CT molecular complexity index is 962. The quantitative estimate of drug-likeness (QED) is 0.492. The van der Waals surface area contributed by atoms with Gasteiger partial charge in [0.2, 0.25) is 5.91 Å². The van der Waals surface area contributed by atoms with E-state index in [1.807, 2.05) is 38.1 Å². The normalized spacial score (nSPS) is 11.9. The second-order valence-corrected chi connectivity index (χ2v) is 7.26. The van der Waals surface area contributed by atoms with Crippen LogP contribution in [0.5, 0.6) is 5.75 Å². The molecule has 0 bridgehead atoms. The van der Waals surface area contributed by atoms with Gasteiger partial charge in [-0.3, -0.25) is 4.79 Å². The van der Waals surface area contributed by atoms with E-state index in [9.17, 15) is 9.18 Å². The van der Waals surface area contributed by atoms with E-state index in [-0.39, 0.29) is 23.4 Å². The van der Waals surface area contributed by atoms with Gasteiger partial charge in [0.1, 0.15) is 11.6 Å². The molecule has 1 atom stereocenters. The number of thioether (sulfide) groups is 1. The van der Waals surface area contributed by atoms with E-state index in [2.05, 4.69) is 10.2 Å². The number of anilines is 1. The molecule has 1 amide bonds. The van der Waals surface area contributed by atoms with Crippen molar-refractivity contribution in [2.45, 2.75) is 32.1 Å². The predicted octanol–water partition coefficient (Wildman–Crippen LogP) is 4.80. The van der Waals surface area contributed by atoms with E-state index < -0.39 is 6.10 Å². The highest BCUT2D eigenvalue weighted by molar-refractivity contribution is 7.99. The highest BCUT2D eigenvalue weighted by Crippen LogP contribution is 2.25. The van der Waals surface area contributed by atoms with Crippen LogP contribution in [0.2, 0.25) is 0 Å². The molecule has 0 unspecified atom stereocenters. The van der Waals surface area contributed by atoms with Crippen molar-refractivity contribution in [1.29, 1.82) is 0 Å². The maximum atomic E-state index is 13.0. The van der Waals surface area contributed by atoms with Crippen LogP contribution in [0.1, 0.15) is 31.4 Å². The Balaban J connectivity index is 1.58. The third-order valence-electron chi connectivity index (χ3n) is 4.24. The zero-order chi connectivity index (χ0) is 20.8. The van der Waals surface area contributed by atoms with E-state index in [1.54, 1.807) is 11.8 Å². The number of hydrogen-bond acceptors (Lipinski definition) is 6. The Labute approximate surface area is 173 Å². The van der Waals surface area contributed by atoms with Crippen molar-refractivity contribution in [3.05, 3.63) is 65.8 Å². The number of carbonyl (C=O) groups is 1. The van der Waals surface area contributed by atoms with Gasteiger partial charge in [0.15, 0.2) is 6.10 Å². The minimum absolute atomic E-state index is 0.0397. The first-order valence-corrected chi connectivity index (χ1v) is 10.2. The zero-order valence-electron chi connectivity index (χ0n) is 16.5. The summed E-state index contributed by atoms with van der Waals surface area (Å²) in [5.74, 6) is 0.589. The van der Waals surface area contributed by atoms with Crippen LogP contribution in [0.3, 0.4) is 0 Å². The molecule has 6 nitrogen and oxygen atoms in total. The molecular weight excluding hydrogens is 393 g/mol. The second kappa shape index (κ2) is 9.56. The summed E-state index contributed by atoms with van der Waals surface area (Å²) in [6.45, 7) is 6.24. The summed E-state index contributed by atoms with van der Waals surface area (Å²) in [5.41, 5.74) is 1.94. The van der Waals surface area contributed by atoms with Gasteiger partial charge in [0.25, 0.3) is 11.1 Å². The van der Waals surface area contributed by atoms with Gasteiger partial charge in [-0.2, -0.15) is 0 Å². The number of ether oxygens (including phenoxy) is 1. The molecule has 0 aliphatic rings. The first kappa shape index (κ1) is 20.9. The number of rotatable bonds is 8.